The van der Waals surface area contributed by atoms with Crippen LogP contribution in [0.25, 0.3) is 0 Å². The number of benzene rings is 1. The average Bonchev–Trinajstić information content (AvgIpc) is 2.60. The number of hydrogen-bond donors (Lipinski definition) is 0. The highest BCUT2D eigenvalue weighted by molar-refractivity contribution is 7.99. The molecular weight excluding hydrogens is 230 g/mol. The van der Waals surface area contributed by atoms with Gasteiger partial charge in [-0.05, 0) is 43.7 Å². The summed E-state index contributed by atoms with van der Waals surface area (Å²) >= 11 is 1.67. The SMILES string of the molecule is Cc1cc(Sc2ccc(C#N)cc2C)n(C)n1. The van der Waals surface area contributed by atoms with Gasteiger partial charge in [0.1, 0.15) is 0 Å². The highest BCUT2D eigenvalue weighted by Crippen LogP contribution is 2.30. The fraction of sp³-hybridized carbons (Fsp3) is 0.231. The topological polar surface area (TPSA) is 41.6 Å². The summed E-state index contributed by atoms with van der Waals surface area (Å²) in [7, 11) is 1.94. The lowest BCUT2D eigenvalue weighted by molar-refractivity contribution is 0.692. The van der Waals surface area contributed by atoms with Crippen molar-refractivity contribution in [2.75, 3.05) is 0 Å². The number of aromatic nitrogens is 2. The first-order chi connectivity index (χ1) is 8.10. The van der Waals surface area contributed by atoms with Crippen molar-refractivity contribution < 1.29 is 0 Å². The molecule has 0 amide bonds. The van der Waals surface area contributed by atoms with Gasteiger partial charge in [0.15, 0.2) is 0 Å². The van der Waals surface area contributed by atoms with E-state index in [1.807, 2.05) is 43.8 Å². The first-order valence-corrected chi connectivity index (χ1v) is 6.11. The van der Waals surface area contributed by atoms with Crippen LogP contribution < -0.4 is 0 Å². The molecule has 0 spiro atoms. The van der Waals surface area contributed by atoms with E-state index in [9.17, 15) is 0 Å². The van der Waals surface area contributed by atoms with Crippen LogP contribution in [0.1, 0.15) is 16.8 Å². The minimum Gasteiger partial charge on any atom is -0.262 e. The Morgan fingerprint density at radius 3 is 2.59 bits per heavy atom. The minimum absolute atomic E-state index is 0.702. The second kappa shape index (κ2) is 4.64. The zero-order valence-corrected chi connectivity index (χ0v) is 10.9. The molecule has 0 N–H and O–H groups in total. The summed E-state index contributed by atoms with van der Waals surface area (Å²) in [6.07, 6.45) is 0. The minimum atomic E-state index is 0.702. The first-order valence-electron chi connectivity index (χ1n) is 5.29. The maximum absolute atomic E-state index is 8.82. The molecule has 4 heteroatoms. The summed E-state index contributed by atoms with van der Waals surface area (Å²) in [6, 6.07) is 9.95. The zero-order chi connectivity index (χ0) is 12.4. The molecule has 0 unspecified atom stereocenters. The highest BCUT2D eigenvalue weighted by Gasteiger charge is 2.06. The number of nitriles is 1. The Hall–Kier alpha value is -1.73. The van der Waals surface area contributed by atoms with Gasteiger partial charge in [0.2, 0.25) is 0 Å². The van der Waals surface area contributed by atoms with Gasteiger partial charge in [-0.15, -0.1) is 0 Å². The molecule has 0 aliphatic carbocycles. The fourth-order valence-corrected chi connectivity index (χ4v) is 2.61. The van der Waals surface area contributed by atoms with E-state index in [-0.39, 0.29) is 0 Å². The molecule has 2 rings (SSSR count). The van der Waals surface area contributed by atoms with Crippen LogP contribution in [0.3, 0.4) is 0 Å². The molecule has 0 radical (unpaired) electrons. The molecule has 0 saturated heterocycles. The summed E-state index contributed by atoms with van der Waals surface area (Å²) in [5.41, 5.74) is 2.84. The van der Waals surface area contributed by atoms with Crippen LogP contribution in [0.15, 0.2) is 34.2 Å². The van der Waals surface area contributed by atoms with E-state index in [1.165, 1.54) is 0 Å². The van der Waals surface area contributed by atoms with E-state index in [0.29, 0.717) is 5.56 Å². The molecule has 0 bridgehead atoms. The predicted octanol–water partition coefficient (Wildman–Crippen LogP) is 3.06. The molecule has 0 saturated carbocycles. The molecule has 86 valence electrons. The van der Waals surface area contributed by atoms with Gasteiger partial charge in [0.05, 0.1) is 22.4 Å². The smallest absolute Gasteiger partial charge is 0.0991 e. The molecule has 1 heterocycles. The molecule has 17 heavy (non-hydrogen) atoms. The average molecular weight is 243 g/mol. The maximum atomic E-state index is 8.82. The Morgan fingerprint density at radius 2 is 2.06 bits per heavy atom. The van der Waals surface area contributed by atoms with Crippen LogP contribution in [0.4, 0.5) is 0 Å². The first kappa shape index (κ1) is 11.7. The van der Waals surface area contributed by atoms with Gasteiger partial charge in [-0.3, -0.25) is 4.68 Å². The largest absolute Gasteiger partial charge is 0.262 e. The van der Waals surface area contributed by atoms with Crippen molar-refractivity contribution in [3.63, 3.8) is 0 Å². The second-order valence-electron chi connectivity index (χ2n) is 3.94. The molecule has 0 aliphatic rings. The molecule has 1 aromatic heterocycles. The summed E-state index contributed by atoms with van der Waals surface area (Å²) in [5.74, 6) is 0. The lowest BCUT2D eigenvalue weighted by Gasteiger charge is -2.05. The number of rotatable bonds is 2. The van der Waals surface area contributed by atoms with Crippen molar-refractivity contribution >= 4 is 11.8 Å². The Labute approximate surface area is 105 Å². The molecule has 0 aliphatic heterocycles. The number of hydrogen-bond acceptors (Lipinski definition) is 3. The third-order valence-electron chi connectivity index (χ3n) is 2.48. The number of aryl methyl sites for hydroxylation is 3. The molecule has 1 aromatic carbocycles. The van der Waals surface area contributed by atoms with Gasteiger partial charge in [-0.1, -0.05) is 11.8 Å². The van der Waals surface area contributed by atoms with Crippen LogP contribution >= 0.6 is 11.8 Å². The summed E-state index contributed by atoms with van der Waals surface area (Å²) < 4.78 is 1.87. The van der Waals surface area contributed by atoms with Crippen molar-refractivity contribution in [2.24, 2.45) is 7.05 Å². The van der Waals surface area contributed by atoms with Gasteiger partial charge in [0, 0.05) is 11.9 Å². The number of nitrogens with zero attached hydrogens (tertiary/aromatic N) is 3. The van der Waals surface area contributed by atoms with Gasteiger partial charge in [0.25, 0.3) is 0 Å². The van der Waals surface area contributed by atoms with E-state index in [1.54, 1.807) is 11.8 Å². The van der Waals surface area contributed by atoms with Crippen LogP contribution in [0.2, 0.25) is 0 Å². The van der Waals surface area contributed by atoms with Crippen LogP contribution in [-0.4, -0.2) is 9.78 Å². The third-order valence-corrected chi connectivity index (χ3v) is 3.75. The van der Waals surface area contributed by atoms with Crippen molar-refractivity contribution in [3.05, 3.63) is 41.1 Å². The van der Waals surface area contributed by atoms with E-state index in [2.05, 4.69) is 17.2 Å². The lowest BCUT2D eigenvalue weighted by atomic mass is 10.2. The Morgan fingerprint density at radius 1 is 1.29 bits per heavy atom. The molecule has 0 fully saturated rings. The Balaban J connectivity index is 2.31. The maximum Gasteiger partial charge on any atom is 0.0991 e. The molecule has 0 atom stereocenters. The summed E-state index contributed by atoms with van der Waals surface area (Å²) in [5, 5.41) is 14.2. The summed E-state index contributed by atoms with van der Waals surface area (Å²) in [6.45, 7) is 4.00. The van der Waals surface area contributed by atoms with Crippen LogP contribution in [0, 0.1) is 25.2 Å². The normalized spacial score (nSPS) is 10.2. The van der Waals surface area contributed by atoms with Crippen LogP contribution in [-0.2, 0) is 7.05 Å². The third kappa shape index (κ3) is 2.51. The highest BCUT2D eigenvalue weighted by atomic mass is 32.2. The fourth-order valence-electron chi connectivity index (χ4n) is 1.63. The van der Waals surface area contributed by atoms with E-state index < -0.39 is 0 Å². The molecule has 2 aromatic rings. The predicted molar refractivity (Wildman–Crippen MR) is 68.0 cm³/mol. The van der Waals surface area contributed by atoms with Gasteiger partial charge in [-0.2, -0.15) is 10.4 Å². The molecular formula is C13H13N3S. The van der Waals surface area contributed by atoms with E-state index in [0.717, 1.165) is 21.2 Å². The summed E-state index contributed by atoms with van der Waals surface area (Å²) in [4.78, 5) is 1.16. The van der Waals surface area contributed by atoms with E-state index in [4.69, 9.17) is 5.26 Å². The van der Waals surface area contributed by atoms with Gasteiger partial charge in [-0.25, -0.2) is 0 Å². The van der Waals surface area contributed by atoms with Crippen molar-refractivity contribution in [2.45, 2.75) is 23.8 Å². The van der Waals surface area contributed by atoms with Gasteiger partial charge < -0.3 is 0 Å². The Bertz CT molecular complexity index is 593. The standard InChI is InChI=1S/C13H13N3S/c1-9-6-11(8-14)4-5-12(9)17-13-7-10(2)15-16(13)3/h4-7H,1-3H3. The van der Waals surface area contributed by atoms with Crippen molar-refractivity contribution in [1.82, 2.24) is 9.78 Å². The Kier molecular flexibility index (Phi) is 3.21. The zero-order valence-electron chi connectivity index (χ0n) is 10.1. The van der Waals surface area contributed by atoms with Crippen molar-refractivity contribution in [1.29, 1.82) is 5.26 Å². The quantitative estimate of drug-likeness (QED) is 0.814. The second-order valence-corrected chi connectivity index (χ2v) is 5.00. The van der Waals surface area contributed by atoms with Crippen LogP contribution in [0.5, 0.6) is 0 Å². The lowest BCUT2D eigenvalue weighted by Crippen LogP contribution is -1.92. The van der Waals surface area contributed by atoms with Gasteiger partial charge >= 0.3 is 0 Å². The van der Waals surface area contributed by atoms with E-state index >= 15 is 0 Å². The monoisotopic (exact) mass is 243 g/mol. The molecule has 3 nitrogen and oxygen atoms in total. The van der Waals surface area contributed by atoms with Crippen molar-refractivity contribution in [3.8, 4) is 6.07 Å².